The number of aliphatic carboxylic acids is 1. The molecule has 1 aliphatic heterocycles. The van der Waals surface area contributed by atoms with Gasteiger partial charge in [-0.1, -0.05) is 17.7 Å². The number of benzene rings is 1. The van der Waals surface area contributed by atoms with Crippen molar-refractivity contribution in [2.75, 3.05) is 18.1 Å². The molecule has 1 saturated heterocycles. The summed E-state index contributed by atoms with van der Waals surface area (Å²) in [6.07, 6.45) is 0.128. The third kappa shape index (κ3) is 4.09. The minimum atomic E-state index is -0.792. The maximum absolute atomic E-state index is 13.4. The molecule has 1 unspecified atom stereocenters. The second-order valence-corrected chi connectivity index (χ2v) is 6.10. The van der Waals surface area contributed by atoms with Crippen molar-refractivity contribution in [3.8, 4) is 0 Å². The van der Waals surface area contributed by atoms with Gasteiger partial charge in [0.15, 0.2) is 0 Å². The maximum Gasteiger partial charge on any atom is 0.304 e. The maximum atomic E-state index is 13.4. The fourth-order valence-corrected chi connectivity index (χ4v) is 3.41. The van der Waals surface area contributed by atoms with Crippen LogP contribution in [0.15, 0.2) is 18.2 Å². The Bertz CT molecular complexity index is 472. The predicted molar refractivity (Wildman–Crippen MR) is 75.2 cm³/mol. The summed E-state index contributed by atoms with van der Waals surface area (Å²) >= 11 is 7.42. The summed E-state index contributed by atoms with van der Waals surface area (Å²) in [6.45, 7) is 1.39. The van der Waals surface area contributed by atoms with E-state index in [0.29, 0.717) is 6.54 Å². The molecule has 0 spiro atoms. The molecule has 0 amide bonds. The zero-order valence-corrected chi connectivity index (χ0v) is 11.9. The summed E-state index contributed by atoms with van der Waals surface area (Å²) < 4.78 is 13.4. The van der Waals surface area contributed by atoms with Crippen LogP contribution in [0.3, 0.4) is 0 Å². The summed E-state index contributed by atoms with van der Waals surface area (Å²) in [7, 11) is 0. The molecule has 2 rings (SSSR count). The van der Waals surface area contributed by atoms with Crippen molar-refractivity contribution >= 4 is 29.3 Å². The van der Waals surface area contributed by atoms with E-state index in [1.807, 2.05) is 0 Å². The highest BCUT2D eigenvalue weighted by molar-refractivity contribution is 7.99. The zero-order valence-electron chi connectivity index (χ0n) is 10.3. The monoisotopic (exact) mass is 303 g/mol. The van der Waals surface area contributed by atoms with Crippen LogP contribution in [-0.4, -0.2) is 40.1 Å². The lowest BCUT2D eigenvalue weighted by Crippen LogP contribution is -2.42. The fourth-order valence-electron chi connectivity index (χ4n) is 2.16. The van der Waals surface area contributed by atoms with Crippen LogP contribution in [0.5, 0.6) is 0 Å². The summed E-state index contributed by atoms with van der Waals surface area (Å²) in [5.41, 5.74) is 0.823. The number of carbonyl (C=O) groups is 1. The van der Waals surface area contributed by atoms with Crippen molar-refractivity contribution < 1.29 is 14.3 Å². The van der Waals surface area contributed by atoms with E-state index in [2.05, 4.69) is 4.90 Å². The SMILES string of the molecule is O=C(O)CC1CSCCN1Cc1ccc(Cl)c(F)c1. The quantitative estimate of drug-likeness (QED) is 0.928. The lowest BCUT2D eigenvalue weighted by molar-refractivity contribution is -0.138. The van der Waals surface area contributed by atoms with Gasteiger partial charge >= 0.3 is 5.97 Å². The minimum absolute atomic E-state index is 0.00925. The van der Waals surface area contributed by atoms with E-state index in [4.69, 9.17) is 16.7 Å². The Morgan fingerprint density at radius 2 is 2.37 bits per heavy atom. The summed E-state index contributed by atoms with van der Waals surface area (Å²) in [4.78, 5) is 13.0. The molecule has 1 aromatic carbocycles. The minimum Gasteiger partial charge on any atom is -0.481 e. The molecule has 6 heteroatoms. The molecule has 1 aliphatic rings. The van der Waals surface area contributed by atoms with Crippen LogP contribution < -0.4 is 0 Å². The molecule has 0 saturated carbocycles. The van der Waals surface area contributed by atoms with Crippen LogP contribution in [0.25, 0.3) is 0 Å². The van der Waals surface area contributed by atoms with Crippen molar-refractivity contribution in [2.45, 2.75) is 19.0 Å². The summed E-state index contributed by atoms with van der Waals surface area (Å²) in [5.74, 6) is 0.564. The van der Waals surface area contributed by atoms with Crippen molar-refractivity contribution in [3.05, 3.63) is 34.6 Å². The number of carboxylic acid groups (broad SMARTS) is 1. The third-order valence-electron chi connectivity index (χ3n) is 3.13. The summed E-state index contributed by atoms with van der Waals surface area (Å²) in [5, 5.41) is 9.03. The number of rotatable bonds is 4. The first-order chi connectivity index (χ1) is 9.06. The molecule has 1 atom stereocenters. The van der Waals surface area contributed by atoms with E-state index in [1.54, 1.807) is 17.8 Å². The predicted octanol–water partition coefficient (Wildman–Crippen LogP) is 2.87. The van der Waals surface area contributed by atoms with Crippen LogP contribution >= 0.6 is 23.4 Å². The second-order valence-electron chi connectivity index (χ2n) is 4.55. The zero-order chi connectivity index (χ0) is 13.8. The van der Waals surface area contributed by atoms with E-state index in [9.17, 15) is 9.18 Å². The number of thioether (sulfide) groups is 1. The molecule has 0 radical (unpaired) electrons. The summed E-state index contributed by atoms with van der Waals surface area (Å²) in [6, 6.07) is 4.75. The number of hydrogen-bond donors (Lipinski definition) is 1. The Morgan fingerprint density at radius 1 is 1.58 bits per heavy atom. The van der Waals surface area contributed by atoms with Gasteiger partial charge in [0.2, 0.25) is 0 Å². The van der Waals surface area contributed by atoms with Crippen LogP contribution in [0.4, 0.5) is 4.39 Å². The van der Waals surface area contributed by atoms with Crippen molar-refractivity contribution in [1.82, 2.24) is 4.90 Å². The average Bonchev–Trinajstić information content (AvgIpc) is 2.36. The van der Waals surface area contributed by atoms with Gasteiger partial charge in [-0.15, -0.1) is 0 Å². The molecule has 1 fully saturated rings. The lowest BCUT2D eigenvalue weighted by atomic mass is 10.1. The van der Waals surface area contributed by atoms with E-state index in [0.717, 1.165) is 23.6 Å². The highest BCUT2D eigenvalue weighted by atomic mass is 35.5. The molecule has 19 heavy (non-hydrogen) atoms. The van der Waals surface area contributed by atoms with E-state index in [-0.39, 0.29) is 17.5 Å². The Kier molecular flexibility index (Phi) is 5.07. The first-order valence-electron chi connectivity index (χ1n) is 6.04. The first-order valence-corrected chi connectivity index (χ1v) is 7.57. The molecule has 0 aliphatic carbocycles. The van der Waals surface area contributed by atoms with Gasteiger partial charge < -0.3 is 5.11 Å². The topological polar surface area (TPSA) is 40.5 Å². The van der Waals surface area contributed by atoms with Gasteiger partial charge in [-0.25, -0.2) is 4.39 Å². The third-order valence-corrected chi connectivity index (χ3v) is 4.53. The molecule has 104 valence electrons. The number of carboxylic acids is 1. The average molecular weight is 304 g/mol. The smallest absolute Gasteiger partial charge is 0.304 e. The number of halogens is 2. The molecule has 0 bridgehead atoms. The van der Waals surface area contributed by atoms with E-state index in [1.165, 1.54) is 12.1 Å². The van der Waals surface area contributed by atoms with Crippen LogP contribution in [-0.2, 0) is 11.3 Å². The largest absolute Gasteiger partial charge is 0.481 e. The lowest BCUT2D eigenvalue weighted by Gasteiger charge is -2.34. The van der Waals surface area contributed by atoms with E-state index < -0.39 is 11.8 Å². The normalized spacial score (nSPS) is 20.4. The number of nitrogens with zero attached hydrogens (tertiary/aromatic N) is 1. The molecule has 3 nitrogen and oxygen atoms in total. The first kappa shape index (κ1) is 14.6. The van der Waals surface area contributed by atoms with Crippen LogP contribution in [0, 0.1) is 5.82 Å². The van der Waals surface area contributed by atoms with Gasteiger partial charge in [0.05, 0.1) is 11.4 Å². The van der Waals surface area contributed by atoms with Crippen LogP contribution in [0.2, 0.25) is 5.02 Å². The fraction of sp³-hybridized carbons (Fsp3) is 0.462. The highest BCUT2D eigenvalue weighted by Gasteiger charge is 2.25. The van der Waals surface area contributed by atoms with Crippen molar-refractivity contribution in [1.29, 1.82) is 0 Å². The second kappa shape index (κ2) is 6.59. The van der Waals surface area contributed by atoms with Gasteiger partial charge in [-0.3, -0.25) is 9.69 Å². The van der Waals surface area contributed by atoms with Crippen molar-refractivity contribution in [2.24, 2.45) is 0 Å². The molecule has 1 N–H and O–H groups in total. The standard InChI is InChI=1S/C13H15ClFNO2S/c14-11-2-1-9(5-12(11)15)7-16-3-4-19-8-10(16)6-13(17)18/h1-2,5,10H,3-4,6-8H2,(H,17,18). The molecular formula is C13H15ClFNO2S. The van der Waals surface area contributed by atoms with Gasteiger partial charge in [0, 0.05) is 30.6 Å². The Labute approximate surface area is 120 Å². The van der Waals surface area contributed by atoms with Gasteiger partial charge in [-0.2, -0.15) is 11.8 Å². The Balaban J connectivity index is 2.06. The number of hydrogen-bond acceptors (Lipinski definition) is 3. The van der Waals surface area contributed by atoms with E-state index >= 15 is 0 Å². The van der Waals surface area contributed by atoms with Gasteiger partial charge in [0.1, 0.15) is 5.82 Å². The molecule has 1 aromatic rings. The van der Waals surface area contributed by atoms with Crippen LogP contribution in [0.1, 0.15) is 12.0 Å². The molecular weight excluding hydrogens is 289 g/mol. The molecule has 1 heterocycles. The van der Waals surface area contributed by atoms with Crippen molar-refractivity contribution in [3.63, 3.8) is 0 Å². The molecule has 0 aromatic heterocycles. The van der Waals surface area contributed by atoms with Gasteiger partial charge in [0.25, 0.3) is 0 Å². The van der Waals surface area contributed by atoms with Gasteiger partial charge in [-0.05, 0) is 17.7 Å². The Hall–Kier alpha value is -0.780. The Morgan fingerprint density at radius 3 is 3.05 bits per heavy atom. The highest BCUT2D eigenvalue weighted by Crippen LogP contribution is 2.23.